The van der Waals surface area contributed by atoms with Gasteiger partial charge in [0.25, 0.3) is 0 Å². The largest absolute Gasteiger partial charge is 0.309 e. The van der Waals surface area contributed by atoms with Crippen LogP contribution in [0.5, 0.6) is 0 Å². The van der Waals surface area contributed by atoms with Crippen molar-refractivity contribution in [1.82, 2.24) is 34.3 Å². The van der Waals surface area contributed by atoms with Gasteiger partial charge in [-0.05, 0) is 18.2 Å². The number of imidazole rings is 1. The number of aromatic nitrogens is 7. The fraction of sp³-hybridized carbons (Fsp3) is 0.105. The molecule has 0 fully saturated rings. The molecule has 4 heterocycles. The maximum atomic E-state index is 14.9. The Bertz CT molecular complexity index is 1340. The number of hydrogen-bond acceptors (Lipinski definition) is 5. The van der Waals surface area contributed by atoms with Gasteiger partial charge in [-0.3, -0.25) is 9.67 Å². The summed E-state index contributed by atoms with van der Waals surface area (Å²) >= 11 is 0. The average Bonchev–Trinajstić information content (AvgIpc) is 3.30. The lowest BCUT2D eigenvalue weighted by atomic mass is 10.1. The van der Waals surface area contributed by atoms with E-state index in [9.17, 15) is 8.78 Å². The molecule has 0 aliphatic carbocycles. The average molecular weight is 377 g/mol. The van der Waals surface area contributed by atoms with E-state index in [0.717, 1.165) is 5.69 Å². The molecule has 5 rings (SSSR count). The molecule has 0 aliphatic rings. The number of fused-ring (bicyclic) bond motifs is 2. The van der Waals surface area contributed by atoms with Crippen LogP contribution in [0.3, 0.4) is 0 Å². The molecule has 0 unspecified atom stereocenters. The van der Waals surface area contributed by atoms with Crippen LogP contribution in [0.4, 0.5) is 8.78 Å². The molecule has 0 saturated heterocycles. The molecular formula is C19H13F2N7. The molecule has 0 spiro atoms. The molecule has 9 heteroatoms. The highest BCUT2D eigenvalue weighted by atomic mass is 19.1. The van der Waals surface area contributed by atoms with Gasteiger partial charge in [-0.25, -0.2) is 23.7 Å². The number of nitrogens with zero attached hydrogens (tertiary/aromatic N) is 7. The van der Waals surface area contributed by atoms with Crippen molar-refractivity contribution in [2.24, 2.45) is 7.05 Å². The molecular weight excluding hydrogens is 364 g/mol. The molecule has 1 aromatic carbocycles. The highest BCUT2D eigenvalue weighted by Gasteiger charge is 2.17. The van der Waals surface area contributed by atoms with E-state index in [-0.39, 0.29) is 23.0 Å². The minimum absolute atomic E-state index is 0.0669. The molecule has 138 valence electrons. The van der Waals surface area contributed by atoms with Crippen LogP contribution in [-0.2, 0) is 13.6 Å². The third kappa shape index (κ3) is 2.51. The van der Waals surface area contributed by atoms with Crippen LogP contribution in [-0.4, -0.2) is 34.3 Å². The lowest BCUT2D eigenvalue weighted by molar-refractivity contribution is 0.554. The molecule has 0 saturated carbocycles. The van der Waals surface area contributed by atoms with E-state index in [1.165, 1.54) is 18.6 Å². The number of halogens is 2. The predicted molar refractivity (Wildman–Crippen MR) is 98.3 cm³/mol. The van der Waals surface area contributed by atoms with Crippen molar-refractivity contribution in [2.45, 2.75) is 6.54 Å². The van der Waals surface area contributed by atoms with Gasteiger partial charge in [0, 0.05) is 36.5 Å². The van der Waals surface area contributed by atoms with E-state index in [1.54, 1.807) is 40.8 Å². The number of rotatable bonds is 3. The second-order valence-electron chi connectivity index (χ2n) is 6.34. The first-order valence-electron chi connectivity index (χ1n) is 8.49. The topological polar surface area (TPSA) is 74.3 Å². The minimum Gasteiger partial charge on any atom is -0.309 e. The maximum Gasteiger partial charge on any atom is 0.197 e. The van der Waals surface area contributed by atoms with E-state index in [1.807, 2.05) is 6.07 Å². The number of benzene rings is 1. The lowest BCUT2D eigenvalue weighted by Crippen LogP contribution is -2.06. The fourth-order valence-corrected chi connectivity index (χ4v) is 3.21. The maximum absolute atomic E-state index is 14.9. The molecule has 0 N–H and O–H groups in total. The smallest absolute Gasteiger partial charge is 0.197 e. The minimum atomic E-state index is -0.665. The van der Waals surface area contributed by atoms with Crippen LogP contribution >= 0.6 is 0 Å². The summed E-state index contributed by atoms with van der Waals surface area (Å²) in [7, 11) is 1.80. The molecule has 0 bridgehead atoms. The van der Waals surface area contributed by atoms with Crippen molar-refractivity contribution in [3.8, 4) is 11.4 Å². The Morgan fingerprint density at radius 3 is 2.79 bits per heavy atom. The highest BCUT2D eigenvalue weighted by Crippen LogP contribution is 2.25. The van der Waals surface area contributed by atoms with Crippen LogP contribution < -0.4 is 0 Å². The summed E-state index contributed by atoms with van der Waals surface area (Å²) in [5.74, 6) is -1.30. The summed E-state index contributed by atoms with van der Waals surface area (Å²) in [6, 6.07) is 6.24. The van der Waals surface area contributed by atoms with E-state index in [2.05, 4.69) is 25.0 Å². The van der Waals surface area contributed by atoms with Crippen LogP contribution in [0, 0.1) is 11.6 Å². The first-order chi connectivity index (χ1) is 13.6. The molecule has 0 atom stereocenters. The van der Waals surface area contributed by atoms with E-state index < -0.39 is 11.6 Å². The van der Waals surface area contributed by atoms with Crippen LogP contribution in [0.25, 0.3) is 33.6 Å². The Morgan fingerprint density at radius 1 is 1.07 bits per heavy atom. The van der Waals surface area contributed by atoms with Crippen molar-refractivity contribution in [1.29, 1.82) is 0 Å². The van der Waals surface area contributed by atoms with Gasteiger partial charge in [0.05, 0.1) is 30.3 Å². The summed E-state index contributed by atoms with van der Waals surface area (Å²) in [5.41, 5.74) is 2.40. The monoisotopic (exact) mass is 377 g/mol. The quantitative estimate of drug-likeness (QED) is 0.483. The Labute approximate surface area is 157 Å². The predicted octanol–water partition coefficient (Wildman–Crippen LogP) is 3.10. The van der Waals surface area contributed by atoms with Crippen molar-refractivity contribution in [3.05, 3.63) is 66.4 Å². The summed E-state index contributed by atoms with van der Waals surface area (Å²) in [5, 5.41) is 4.39. The Balaban J connectivity index is 1.63. The van der Waals surface area contributed by atoms with Gasteiger partial charge < -0.3 is 4.57 Å². The second-order valence-corrected chi connectivity index (χ2v) is 6.34. The van der Waals surface area contributed by atoms with Gasteiger partial charge in [0.15, 0.2) is 11.3 Å². The third-order valence-electron chi connectivity index (χ3n) is 4.63. The summed E-state index contributed by atoms with van der Waals surface area (Å²) in [6.07, 6.45) is 6.23. The van der Waals surface area contributed by atoms with Gasteiger partial charge in [0.2, 0.25) is 0 Å². The highest BCUT2D eigenvalue weighted by molar-refractivity contribution is 5.80. The zero-order chi connectivity index (χ0) is 19.3. The molecule has 0 aliphatic heterocycles. The van der Waals surface area contributed by atoms with Crippen molar-refractivity contribution in [2.75, 3.05) is 0 Å². The van der Waals surface area contributed by atoms with Gasteiger partial charge in [0.1, 0.15) is 17.3 Å². The first-order valence-corrected chi connectivity index (χ1v) is 8.49. The van der Waals surface area contributed by atoms with Gasteiger partial charge in [-0.2, -0.15) is 5.10 Å². The van der Waals surface area contributed by atoms with Crippen LogP contribution in [0.15, 0.2) is 49.2 Å². The molecule has 0 radical (unpaired) electrons. The summed E-state index contributed by atoms with van der Waals surface area (Å²) in [4.78, 5) is 17.1. The Kier molecular flexibility index (Phi) is 3.61. The van der Waals surface area contributed by atoms with Gasteiger partial charge in [-0.15, -0.1) is 0 Å². The number of aryl methyl sites for hydroxylation is 1. The summed E-state index contributed by atoms with van der Waals surface area (Å²) in [6.45, 7) is -0.0669. The fourth-order valence-electron chi connectivity index (χ4n) is 3.21. The Morgan fingerprint density at radius 2 is 1.96 bits per heavy atom. The van der Waals surface area contributed by atoms with E-state index in [0.29, 0.717) is 17.0 Å². The van der Waals surface area contributed by atoms with E-state index in [4.69, 9.17) is 0 Å². The van der Waals surface area contributed by atoms with Crippen molar-refractivity contribution < 1.29 is 8.78 Å². The summed E-state index contributed by atoms with van der Waals surface area (Å²) < 4.78 is 32.7. The van der Waals surface area contributed by atoms with Crippen LogP contribution in [0.2, 0.25) is 0 Å². The molecule has 5 aromatic rings. The van der Waals surface area contributed by atoms with Gasteiger partial charge in [-0.1, -0.05) is 0 Å². The molecule has 28 heavy (non-hydrogen) atoms. The number of hydrogen-bond donors (Lipinski definition) is 0. The molecule has 0 amide bonds. The molecule has 7 nitrogen and oxygen atoms in total. The number of pyridine rings is 1. The van der Waals surface area contributed by atoms with Crippen molar-refractivity contribution in [3.63, 3.8) is 0 Å². The zero-order valence-corrected chi connectivity index (χ0v) is 14.7. The second kappa shape index (κ2) is 6.15. The SMILES string of the molecule is Cn1nccc1-c1cnc2ncn(Cc3c(F)cc4ncccc4c3F)c2n1. The normalized spacial score (nSPS) is 11.5. The first kappa shape index (κ1) is 16.4. The lowest BCUT2D eigenvalue weighted by Gasteiger charge is -2.09. The molecule has 4 aromatic heterocycles. The van der Waals surface area contributed by atoms with Crippen molar-refractivity contribution >= 4 is 22.2 Å². The Hall–Kier alpha value is -3.75. The standard InChI is InChI=1S/C19H13F2N7/c1-27-16(4-6-25-27)15-8-23-18-19(26-15)28(10-24-18)9-12-13(20)7-14-11(17(12)21)3-2-5-22-14/h2-8,10H,9H2,1H3. The van der Waals surface area contributed by atoms with Crippen LogP contribution in [0.1, 0.15) is 5.56 Å². The zero-order valence-electron chi connectivity index (χ0n) is 14.7. The third-order valence-corrected chi connectivity index (χ3v) is 4.63. The van der Waals surface area contributed by atoms with Gasteiger partial charge >= 0.3 is 0 Å². The van der Waals surface area contributed by atoms with E-state index >= 15 is 0 Å².